The first-order valence-electron chi connectivity index (χ1n) is 12.9. The molecule has 6 aliphatic carbocycles. The Kier molecular flexibility index (Phi) is 3.86. The number of phenolic OH excluding ortho intramolecular Hbond substituents is 2. The van der Waals surface area contributed by atoms with Crippen molar-refractivity contribution in [2.45, 2.75) is 26.1 Å². The molecule has 4 bridgehead atoms. The summed E-state index contributed by atoms with van der Waals surface area (Å²) in [7, 11) is 0. The van der Waals surface area contributed by atoms with E-state index in [0.717, 1.165) is 0 Å². The van der Waals surface area contributed by atoms with Crippen molar-refractivity contribution in [3.8, 4) is 11.5 Å². The molecule has 8 atom stereocenters. The number of carbonyl (C=O) groups excluding carboxylic acids is 4. The van der Waals surface area contributed by atoms with Crippen LogP contribution in [0, 0.1) is 48.3 Å². The zero-order valence-electron chi connectivity index (χ0n) is 21.1. The lowest BCUT2D eigenvalue weighted by molar-refractivity contribution is -0.142. The van der Waals surface area contributed by atoms with Gasteiger partial charge in [-0.15, -0.1) is 0 Å². The van der Waals surface area contributed by atoms with E-state index in [1.54, 1.807) is 13.8 Å². The maximum Gasteiger partial charge on any atom is 0.175 e. The third-order valence-corrected chi connectivity index (χ3v) is 10.4. The van der Waals surface area contributed by atoms with E-state index < -0.39 is 104 Å². The minimum atomic E-state index is -2.25. The van der Waals surface area contributed by atoms with Crippen LogP contribution in [0.3, 0.4) is 0 Å². The van der Waals surface area contributed by atoms with Crippen LogP contribution in [0.25, 0.3) is 11.5 Å². The molecule has 8 rings (SSSR count). The predicted molar refractivity (Wildman–Crippen MR) is 134 cm³/mol. The smallest absolute Gasteiger partial charge is 0.175 e. The molecule has 2 aromatic carbocycles. The van der Waals surface area contributed by atoms with E-state index in [0.29, 0.717) is 11.1 Å². The second-order valence-corrected chi connectivity index (χ2v) is 12.0. The van der Waals surface area contributed by atoms with Gasteiger partial charge in [0.15, 0.2) is 23.1 Å². The van der Waals surface area contributed by atoms with Gasteiger partial charge in [0.1, 0.15) is 23.0 Å². The average Bonchev–Trinajstić information content (AvgIpc) is 3.22. The first-order valence-corrected chi connectivity index (χ1v) is 12.9. The number of Topliss-reactive ketones (excluding diaryl/α,β-unsaturated/α-hetero) is 4. The third-order valence-electron chi connectivity index (χ3n) is 10.4. The van der Waals surface area contributed by atoms with Crippen LogP contribution in [0.15, 0.2) is 35.4 Å². The highest BCUT2D eigenvalue weighted by Crippen LogP contribution is 2.80. The van der Waals surface area contributed by atoms with Crippen LogP contribution in [0.1, 0.15) is 43.0 Å². The Bertz CT molecular complexity index is 1680. The molecule has 0 amide bonds. The topological polar surface area (TPSA) is 190 Å². The van der Waals surface area contributed by atoms with Crippen LogP contribution in [0.5, 0.6) is 11.5 Å². The number of hydrogen-bond acceptors (Lipinski definition) is 10. The minimum Gasteiger partial charge on any atom is -0.507 e. The van der Waals surface area contributed by atoms with Gasteiger partial charge < -0.3 is 30.6 Å². The summed E-state index contributed by atoms with van der Waals surface area (Å²) in [6.45, 7) is 3.19. The van der Waals surface area contributed by atoms with Crippen LogP contribution < -0.4 is 0 Å². The van der Waals surface area contributed by atoms with E-state index in [2.05, 4.69) is 0 Å². The Hall–Kier alpha value is -4.28. The van der Waals surface area contributed by atoms with Crippen molar-refractivity contribution in [3.05, 3.63) is 68.8 Å². The highest BCUT2D eigenvalue weighted by Gasteiger charge is 2.89. The summed E-state index contributed by atoms with van der Waals surface area (Å²) in [4.78, 5) is 57.9. The summed E-state index contributed by atoms with van der Waals surface area (Å²) >= 11 is 0. The molecule has 6 aliphatic rings. The molecule has 10 heteroatoms. The molecule has 202 valence electrons. The maximum absolute atomic E-state index is 14.5. The molecule has 0 heterocycles. The fourth-order valence-corrected chi connectivity index (χ4v) is 9.51. The number of aryl methyl sites for hydroxylation is 2. The highest BCUT2D eigenvalue weighted by molar-refractivity contribution is 6.30. The Morgan fingerprint density at radius 1 is 0.600 bits per heavy atom. The molecule has 0 aliphatic heterocycles. The average molecular weight is 542 g/mol. The van der Waals surface area contributed by atoms with E-state index in [4.69, 9.17) is 0 Å². The van der Waals surface area contributed by atoms with E-state index >= 15 is 0 Å². The quantitative estimate of drug-likeness (QED) is 0.286. The fraction of sp³-hybridized carbons (Fsp3) is 0.333. The van der Waals surface area contributed by atoms with Crippen LogP contribution in [0.2, 0.25) is 0 Å². The standard InChI is InChI=1S/C30H22O10/c1-7-3-9-13(11(31)5-7)21(33)17-25(37)20-23(35)15-16-24(36)19(29(15,17)27(9)39)26(38)18-22(34)14-10(28(40)30(16,18)20)4-8(2)6-12(14)32/h3-6,15-16,19-20,23-24,31-36H,1-2H3/t15-,16?,19?,20+,23+,24-,29+,30?/m0/s1. The number of carbonyl (C=O) groups is 4. The Morgan fingerprint density at radius 2 is 0.950 bits per heavy atom. The summed E-state index contributed by atoms with van der Waals surface area (Å²) < 4.78 is 0. The number of fused-ring (bicyclic) bond motifs is 4. The number of benzene rings is 2. The van der Waals surface area contributed by atoms with E-state index in [-0.39, 0.29) is 22.3 Å². The van der Waals surface area contributed by atoms with E-state index in [9.17, 15) is 49.8 Å². The first-order chi connectivity index (χ1) is 18.8. The van der Waals surface area contributed by atoms with Crippen molar-refractivity contribution in [3.63, 3.8) is 0 Å². The molecule has 0 radical (unpaired) electrons. The second-order valence-electron chi connectivity index (χ2n) is 12.0. The molecule has 40 heavy (non-hydrogen) atoms. The summed E-state index contributed by atoms with van der Waals surface area (Å²) in [6, 6.07) is 5.37. The molecule has 2 spiro atoms. The van der Waals surface area contributed by atoms with Gasteiger partial charge in [0.2, 0.25) is 0 Å². The van der Waals surface area contributed by atoms with Crippen LogP contribution in [0.4, 0.5) is 0 Å². The lowest BCUT2D eigenvalue weighted by Gasteiger charge is -2.53. The summed E-state index contributed by atoms with van der Waals surface area (Å²) in [5.74, 6) is -12.2. The largest absolute Gasteiger partial charge is 0.507 e. The van der Waals surface area contributed by atoms with Gasteiger partial charge in [0, 0.05) is 23.0 Å². The Balaban J connectivity index is 1.55. The van der Waals surface area contributed by atoms with E-state index in [1.807, 2.05) is 0 Å². The molecule has 2 aromatic rings. The number of phenols is 2. The number of aliphatic hydroxyl groups excluding tert-OH is 4. The van der Waals surface area contributed by atoms with Gasteiger partial charge in [-0.2, -0.15) is 0 Å². The van der Waals surface area contributed by atoms with Crippen LogP contribution in [-0.4, -0.2) is 66.0 Å². The molecule has 0 saturated heterocycles. The number of allylic oxidation sites excluding steroid dienone is 2. The van der Waals surface area contributed by atoms with Gasteiger partial charge >= 0.3 is 0 Å². The fourth-order valence-electron chi connectivity index (χ4n) is 9.51. The summed E-state index contributed by atoms with van der Waals surface area (Å²) in [6.07, 6.45) is -3.37. The predicted octanol–water partition coefficient (Wildman–Crippen LogP) is 1.70. The molecule has 4 saturated carbocycles. The monoisotopic (exact) mass is 542 g/mol. The molecule has 3 unspecified atom stereocenters. The molecular weight excluding hydrogens is 520 g/mol. The summed E-state index contributed by atoms with van der Waals surface area (Å²) in [5, 5.41) is 67.8. The normalized spacial score (nSPS) is 38.1. The molecular formula is C30H22O10. The first kappa shape index (κ1) is 23.6. The Morgan fingerprint density at radius 3 is 1.30 bits per heavy atom. The van der Waals surface area contributed by atoms with Crippen molar-refractivity contribution < 1.29 is 49.8 Å². The van der Waals surface area contributed by atoms with Crippen molar-refractivity contribution >= 4 is 34.7 Å². The SMILES string of the molecule is Cc1cc(O)c2c(c1)C(=O)C13C(=C2O)C(=O)C2[C@@H](O)C1[C@H]1[C@@H](O)[C@@H]3C(=O)C3=C(O)c4c(O)cc(C)cc4C(=O)[C@]321. The van der Waals surface area contributed by atoms with E-state index in [1.165, 1.54) is 24.3 Å². The Labute approximate surface area is 225 Å². The van der Waals surface area contributed by atoms with Crippen molar-refractivity contribution in [2.75, 3.05) is 0 Å². The van der Waals surface area contributed by atoms with Crippen LogP contribution >= 0.6 is 0 Å². The number of rotatable bonds is 0. The lowest BCUT2D eigenvalue weighted by atomic mass is 9.46. The van der Waals surface area contributed by atoms with Crippen LogP contribution in [-0.2, 0) is 9.59 Å². The number of hydrogen-bond donors (Lipinski definition) is 6. The molecule has 4 fully saturated rings. The number of aliphatic hydroxyl groups is 4. The molecule has 6 N–H and O–H groups in total. The summed E-state index contributed by atoms with van der Waals surface area (Å²) in [5.41, 5.74) is -5.58. The van der Waals surface area contributed by atoms with Crippen molar-refractivity contribution in [1.29, 1.82) is 0 Å². The maximum atomic E-state index is 14.5. The second kappa shape index (κ2) is 6.54. The molecule has 0 aromatic heterocycles. The minimum absolute atomic E-state index is 0.185. The number of ketones is 4. The van der Waals surface area contributed by atoms with Gasteiger partial charge in [-0.3, -0.25) is 19.2 Å². The number of aromatic hydroxyl groups is 2. The van der Waals surface area contributed by atoms with Gasteiger partial charge in [-0.1, -0.05) is 0 Å². The van der Waals surface area contributed by atoms with Gasteiger partial charge in [-0.05, 0) is 49.2 Å². The van der Waals surface area contributed by atoms with Gasteiger partial charge in [-0.25, -0.2) is 0 Å². The lowest BCUT2D eigenvalue weighted by Crippen LogP contribution is -2.65. The molecule has 10 nitrogen and oxygen atoms in total. The van der Waals surface area contributed by atoms with Gasteiger partial charge in [0.25, 0.3) is 0 Å². The highest BCUT2D eigenvalue weighted by atomic mass is 16.3. The van der Waals surface area contributed by atoms with Crippen molar-refractivity contribution in [2.24, 2.45) is 34.5 Å². The zero-order chi connectivity index (χ0) is 28.5. The zero-order valence-corrected chi connectivity index (χ0v) is 21.1. The third kappa shape index (κ3) is 1.96. The van der Waals surface area contributed by atoms with Gasteiger partial charge in [0.05, 0.1) is 57.1 Å². The van der Waals surface area contributed by atoms with Crippen molar-refractivity contribution in [1.82, 2.24) is 0 Å².